The maximum Gasteiger partial charge on any atom is 0.338 e. The summed E-state index contributed by atoms with van der Waals surface area (Å²) in [5.41, 5.74) is -6.10. The molecule has 0 aromatic heterocycles. The second kappa shape index (κ2) is 15.1. The van der Waals surface area contributed by atoms with Gasteiger partial charge in [0.25, 0.3) is 5.91 Å². The second-order valence-corrected chi connectivity index (χ2v) is 16.6. The first-order chi connectivity index (χ1) is 26.3. The van der Waals surface area contributed by atoms with Crippen LogP contribution in [0.2, 0.25) is 0 Å². The zero-order valence-corrected chi connectivity index (χ0v) is 33.3. The van der Waals surface area contributed by atoms with Gasteiger partial charge in [0.2, 0.25) is 0 Å². The molecule has 56 heavy (non-hydrogen) atoms. The van der Waals surface area contributed by atoms with Crippen LogP contribution in [-0.4, -0.2) is 99.9 Å². The third-order valence-electron chi connectivity index (χ3n) is 12.2. The van der Waals surface area contributed by atoms with Crippen LogP contribution >= 0.6 is 9.24 Å². The van der Waals surface area contributed by atoms with Crippen molar-refractivity contribution in [2.75, 3.05) is 6.61 Å². The van der Waals surface area contributed by atoms with Gasteiger partial charge in [-0.3, -0.25) is 19.2 Å². The Morgan fingerprint density at radius 3 is 2.07 bits per heavy atom. The number of fused-ring (bicyclic) bond motifs is 5. The molecular formula is C41H48NO13P. The van der Waals surface area contributed by atoms with Gasteiger partial charge in [0, 0.05) is 36.7 Å². The molecule has 300 valence electrons. The quantitative estimate of drug-likeness (QED) is 0.145. The normalized spacial score (nSPS) is 32.7. The maximum atomic E-state index is 15.3. The molecule has 6 rings (SSSR count). The average molecular weight is 794 g/mol. The van der Waals surface area contributed by atoms with Gasteiger partial charge in [-0.05, 0) is 55.2 Å². The second-order valence-electron chi connectivity index (χ2n) is 15.9. The zero-order valence-electron chi connectivity index (χ0n) is 32.1. The molecule has 0 spiro atoms. The Labute approximate surface area is 326 Å². The van der Waals surface area contributed by atoms with Crippen LogP contribution in [0.1, 0.15) is 81.5 Å². The number of nitrogens with one attached hydrogen (secondary N) is 1. The largest absolute Gasteiger partial charge is 0.456 e. The fourth-order valence-electron chi connectivity index (χ4n) is 9.30. The van der Waals surface area contributed by atoms with Crippen LogP contribution < -0.4 is 5.32 Å². The van der Waals surface area contributed by atoms with E-state index < -0.39 is 106 Å². The number of ketones is 1. The molecule has 1 amide bonds. The van der Waals surface area contributed by atoms with Crippen molar-refractivity contribution < 1.29 is 62.7 Å². The number of aliphatic hydroxyl groups excluding tert-OH is 1. The fourth-order valence-corrected chi connectivity index (χ4v) is 9.60. The fraction of sp³-hybridized carbons (Fsp3) is 0.512. The van der Waals surface area contributed by atoms with E-state index in [1.54, 1.807) is 76.2 Å². The number of Topliss-reactive ketones (excluding diaryl/α,β-unsaturated/α-hetero) is 1. The van der Waals surface area contributed by atoms with E-state index in [9.17, 15) is 34.2 Å². The predicted octanol–water partition coefficient (Wildman–Crippen LogP) is 3.22. The Kier molecular flexibility index (Phi) is 11.1. The van der Waals surface area contributed by atoms with Crippen LogP contribution in [-0.2, 0) is 42.9 Å². The van der Waals surface area contributed by atoms with Gasteiger partial charge in [-0.1, -0.05) is 57.2 Å². The standard InChI is InChI=1S/C41H48NO13P/c1-21-26(53-37(49)29(45)35(56)42-34(47)24-13-9-7-10-14-24)19-41(50)33(54-36(48)25-15-11-8-12-16-25)31-39(6,18-17-27-40(31,20-51-27)55-23(3)44)32(46)30(52-22(2)43)28(21)38(41,4)5/h7-16,26-27,29-31,33,35,45,50H,17-20,56H2,1-6H3,(H,42,47)/t26-,27+,29+,30+,31?,33-,35-,39+,40-,41+/m0/s1. The SMILES string of the molecule is CC(=O)O[C@H]1C(=O)[C@]2(C)CC[C@H]3OC[C@@]3(OC(C)=O)C2[C@H](OC(=O)c2ccccc2)[C@]2(O)C[C@H](OC(=O)[C@H](O)[C@H](P)NC(=O)c3ccccc3)C(C)=C1C2(C)C. The first kappa shape index (κ1) is 41.2. The molecule has 2 saturated carbocycles. The number of hydrogen-bond donors (Lipinski definition) is 3. The van der Waals surface area contributed by atoms with E-state index >= 15 is 4.79 Å². The Morgan fingerprint density at radius 2 is 1.52 bits per heavy atom. The highest BCUT2D eigenvalue weighted by molar-refractivity contribution is 7.17. The van der Waals surface area contributed by atoms with Crippen LogP contribution in [0.15, 0.2) is 71.8 Å². The molecule has 3 N–H and O–H groups in total. The summed E-state index contributed by atoms with van der Waals surface area (Å²) in [5.74, 6) is -7.16. The number of ether oxygens (including phenoxy) is 5. The summed E-state index contributed by atoms with van der Waals surface area (Å²) in [7, 11) is 2.19. The van der Waals surface area contributed by atoms with Crippen molar-refractivity contribution in [3.63, 3.8) is 0 Å². The Balaban J connectivity index is 1.49. The van der Waals surface area contributed by atoms with Crippen molar-refractivity contribution in [1.82, 2.24) is 5.32 Å². The summed E-state index contributed by atoms with van der Waals surface area (Å²) in [6.07, 6.45) is -7.34. The monoisotopic (exact) mass is 793 g/mol. The smallest absolute Gasteiger partial charge is 0.338 e. The Hall–Kier alpha value is -4.49. The summed E-state index contributed by atoms with van der Waals surface area (Å²) in [4.78, 5) is 81.6. The number of carbonyl (C=O) groups is 6. The van der Waals surface area contributed by atoms with Crippen molar-refractivity contribution in [3.05, 3.63) is 82.9 Å². The lowest BCUT2D eigenvalue weighted by atomic mass is 9.45. The highest BCUT2D eigenvalue weighted by Gasteiger charge is 2.76. The highest BCUT2D eigenvalue weighted by Crippen LogP contribution is 2.64. The Bertz CT molecular complexity index is 1950. The van der Waals surface area contributed by atoms with E-state index in [1.165, 1.54) is 19.1 Å². The third kappa shape index (κ3) is 6.84. The van der Waals surface area contributed by atoms with Crippen LogP contribution in [0.4, 0.5) is 0 Å². The van der Waals surface area contributed by atoms with Gasteiger partial charge < -0.3 is 39.2 Å². The molecule has 15 heteroatoms. The molecule has 1 saturated heterocycles. The minimum atomic E-state index is -2.24. The molecule has 2 aromatic carbocycles. The Morgan fingerprint density at radius 1 is 0.911 bits per heavy atom. The summed E-state index contributed by atoms with van der Waals surface area (Å²) in [6.45, 7) is 8.59. The summed E-state index contributed by atoms with van der Waals surface area (Å²) >= 11 is 0. The van der Waals surface area contributed by atoms with Crippen molar-refractivity contribution in [3.8, 4) is 0 Å². The van der Waals surface area contributed by atoms with Crippen molar-refractivity contribution in [2.24, 2.45) is 16.7 Å². The van der Waals surface area contributed by atoms with E-state index in [-0.39, 0.29) is 41.7 Å². The molecule has 2 bridgehead atoms. The summed E-state index contributed by atoms with van der Waals surface area (Å²) in [6, 6.07) is 16.2. The van der Waals surface area contributed by atoms with E-state index in [2.05, 4.69) is 14.6 Å². The van der Waals surface area contributed by atoms with Gasteiger partial charge in [0.15, 0.2) is 23.6 Å². The number of aliphatic hydroxyl groups is 2. The zero-order chi connectivity index (χ0) is 41.0. The lowest BCUT2D eigenvalue weighted by Gasteiger charge is -2.66. The lowest BCUT2D eigenvalue weighted by Crippen LogP contribution is -2.79. The number of carbonyl (C=O) groups excluding carboxylic acids is 6. The highest BCUT2D eigenvalue weighted by atomic mass is 31.0. The number of benzene rings is 2. The lowest BCUT2D eigenvalue weighted by molar-refractivity contribution is -0.332. The first-order valence-corrected chi connectivity index (χ1v) is 19.2. The van der Waals surface area contributed by atoms with E-state index in [0.717, 1.165) is 6.92 Å². The molecule has 4 aliphatic rings. The van der Waals surface area contributed by atoms with Crippen molar-refractivity contribution >= 4 is 44.8 Å². The van der Waals surface area contributed by atoms with Crippen molar-refractivity contribution in [2.45, 2.75) is 108 Å². The first-order valence-electron chi connectivity index (χ1n) is 18.5. The average Bonchev–Trinajstić information content (AvgIpc) is 3.14. The van der Waals surface area contributed by atoms with Crippen LogP contribution in [0.25, 0.3) is 0 Å². The van der Waals surface area contributed by atoms with E-state index in [1.807, 2.05) is 0 Å². The van der Waals surface area contributed by atoms with Gasteiger partial charge in [-0.2, -0.15) is 0 Å². The molecule has 2 aromatic rings. The maximum absolute atomic E-state index is 15.3. The number of rotatable bonds is 9. The minimum absolute atomic E-state index is 0.118. The minimum Gasteiger partial charge on any atom is -0.456 e. The van der Waals surface area contributed by atoms with Gasteiger partial charge >= 0.3 is 23.9 Å². The van der Waals surface area contributed by atoms with Gasteiger partial charge in [-0.15, -0.1) is 9.24 Å². The van der Waals surface area contributed by atoms with Gasteiger partial charge in [0.05, 0.1) is 23.9 Å². The third-order valence-corrected chi connectivity index (χ3v) is 12.8. The van der Waals surface area contributed by atoms with E-state index in [0.29, 0.717) is 0 Å². The summed E-state index contributed by atoms with van der Waals surface area (Å²) in [5, 5.41) is 27.2. The van der Waals surface area contributed by atoms with Gasteiger partial charge in [-0.25, -0.2) is 9.59 Å². The van der Waals surface area contributed by atoms with Crippen LogP contribution in [0.3, 0.4) is 0 Å². The molecule has 3 aliphatic carbocycles. The van der Waals surface area contributed by atoms with E-state index in [4.69, 9.17) is 23.7 Å². The number of esters is 4. The molecule has 1 aliphatic heterocycles. The topological polar surface area (TPSA) is 201 Å². The molecule has 3 fully saturated rings. The molecule has 11 atom stereocenters. The molecule has 1 heterocycles. The van der Waals surface area contributed by atoms with Gasteiger partial charge in [0.1, 0.15) is 23.9 Å². The van der Waals surface area contributed by atoms with Crippen LogP contribution in [0, 0.1) is 16.7 Å². The van der Waals surface area contributed by atoms with Crippen LogP contribution in [0.5, 0.6) is 0 Å². The number of amides is 1. The molecule has 2 unspecified atom stereocenters. The number of hydrogen-bond acceptors (Lipinski definition) is 13. The predicted molar refractivity (Wildman–Crippen MR) is 201 cm³/mol. The molecule has 0 radical (unpaired) electrons. The molecule has 14 nitrogen and oxygen atoms in total. The molecular weight excluding hydrogens is 745 g/mol. The summed E-state index contributed by atoms with van der Waals surface area (Å²) < 4.78 is 30.2. The van der Waals surface area contributed by atoms with Crippen molar-refractivity contribution in [1.29, 1.82) is 0 Å².